The average Bonchev–Trinajstić information content (AvgIpc) is 2.65. The number of rotatable bonds is 8. The monoisotopic (exact) mass is 414 g/mol. The van der Waals surface area contributed by atoms with Gasteiger partial charge in [-0.2, -0.15) is 13.2 Å². The second kappa shape index (κ2) is 9.82. The van der Waals surface area contributed by atoms with Gasteiger partial charge >= 0.3 is 6.18 Å². The molecule has 3 nitrogen and oxygen atoms in total. The third-order valence-electron chi connectivity index (χ3n) is 4.41. The van der Waals surface area contributed by atoms with Crippen molar-refractivity contribution in [1.29, 1.82) is 0 Å². The van der Waals surface area contributed by atoms with Crippen LogP contribution in [0.1, 0.15) is 23.1 Å². The van der Waals surface area contributed by atoms with Crippen LogP contribution in [0, 0.1) is 11.6 Å². The summed E-state index contributed by atoms with van der Waals surface area (Å²) in [5.41, 5.74) is -0.342. The average molecular weight is 414 g/mol. The molecule has 0 aliphatic carbocycles. The molecule has 29 heavy (non-hydrogen) atoms. The molecule has 0 heterocycles. The van der Waals surface area contributed by atoms with E-state index in [1.165, 1.54) is 17.0 Å². The van der Waals surface area contributed by atoms with Crippen LogP contribution in [-0.4, -0.2) is 42.9 Å². The fourth-order valence-corrected chi connectivity index (χ4v) is 2.81. The molecule has 0 aliphatic rings. The van der Waals surface area contributed by atoms with E-state index in [-0.39, 0.29) is 30.9 Å². The number of halogens is 5. The van der Waals surface area contributed by atoms with Crippen LogP contribution in [0.5, 0.6) is 0 Å². The first kappa shape index (κ1) is 22.8. The summed E-state index contributed by atoms with van der Waals surface area (Å²) in [5.74, 6) is -1.54. The van der Waals surface area contributed by atoms with Crippen molar-refractivity contribution in [2.75, 3.05) is 27.2 Å². The predicted molar refractivity (Wildman–Crippen MR) is 100 cm³/mol. The summed E-state index contributed by atoms with van der Waals surface area (Å²) in [7, 11) is 3.63. The van der Waals surface area contributed by atoms with Crippen LogP contribution in [0.4, 0.5) is 22.0 Å². The predicted octanol–water partition coefficient (Wildman–Crippen LogP) is 4.51. The van der Waals surface area contributed by atoms with Gasteiger partial charge in [-0.3, -0.25) is 4.79 Å². The third-order valence-corrected chi connectivity index (χ3v) is 4.41. The van der Waals surface area contributed by atoms with E-state index in [1.807, 2.05) is 19.0 Å². The standard InChI is InChI=1S/C21H23F5N2O/c1-27(2)10-11-28(14-15-4-3-5-17(12-15)21(24,25)26)20(29)9-6-16-13-18(22)7-8-19(16)23/h3-5,7-8,12-13H,6,9-11,14H2,1-2H3. The lowest BCUT2D eigenvalue weighted by Crippen LogP contribution is -2.36. The Hall–Kier alpha value is -2.48. The highest BCUT2D eigenvalue weighted by molar-refractivity contribution is 5.76. The van der Waals surface area contributed by atoms with Crippen molar-refractivity contribution in [3.63, 3.8) is 0 Å². The first-order chi connectivity index (χ1) is 13.6. The van der Waals surface area contributed by atoms with Crippen molar-refractivity contribution in [2.45, 2.75) is 25.6 Å². The van der Waals surface area contributed by atoms with Gasteiger partial charge in [-0.15, -0.1) is 0 Å². The molecule has 2 aromatic carbocycles. The van der Waals surface area contributed by atoms with E-state index in [0.29, 0.717) is 18.7 Å². The van der Waals surface area contributed by atoms with Crippen LogP contribution < -0.4 is 0 Å². The van der Waals surface area contributed by atoms with E-state index >= 15 is 0 Å². The normalized spacial score (nSPS) is 11.7. The quantitative estimate of drug-likeness (QED) is 0.594. The molecule has 0 saturated heterocycles. The van der Waals surface area contributed by atoms with Crippen LogP contribution in [0.25, 0.3) is 0 Å². The summed E-state index contributed by atoms with van der Waals surface area (Å²) in [6.07, 6.45) is -4.54. The Labute approximate surface area is 166 Å². The number of alkyl halides is 3. The van der Waals surface area contributed by atoms with Gasteiger partial charge < -0.3 is 9.80 Å². The minimum Gasteiger partial charge on any atom is -0.337 e. The first-order valence-corrected chi connectivity index (χ1v) is 9.09. The Bertz CT molecular complexity index is 836. The van der Waals surface area contributed by atoms with Gasteiger partial charge in [-0.05, 0) is 62.0 Å². The van der Waals surface area contributed by atoms with Gasteiger partial charge in [-0.1, -0.05) is 12.1 Å². The number of hydrogen-bond acceptors (Lipinski definition) is 2. The summed E-state index contributed by atoms with van der Waals surface area (Å²) in [4.78, 5) is 16.0. The molecule has 158 valence electrons. The molecule has 0 fully saturated rings. The summed E-state index contributed by atoms with van der Waals surface area (Å²) in [5, 5.41) is 0. The number of hydrogen-bond donors (Lipinski definition) is 0. The van der Waals surface area contributed by atoms with Crippen molar-refractivity contribution in [1.82, 2.24) is 9.80 Å². The highest BCUT2D eigenvalue weighted by Crippen LogP contribution is 2.29. The largest absolute Gasteiger partial charge is 0.416 e. The van der Waals surface area contributed by atoms with Crippen LogP contribution in [0.15, 0.2) is 42.5 Å². The second-order valence-corrected chi connectivity index (χ2v) is 7.05. The zero-order chi connectivity index (χ0) is 21.6. The number of carbonyl (C=O) groups excluding carboxylic acids is 1. The minimum absolute atomic E-state index is 0.00221. The Morgan fingerprint density at radius 2 is 1.72 bits per heavy atom. The van der Waals surface area contributed by atoms with Crippen molar-refractivity contribution in [3.8, 4) is 0 Å². The summed E-state index contributed by atoms with van der Waals surface area (Å²) in [6, 6.07) is 7.86. The number of likely N-dealkylation sites (N-methyl/N-ethyl adjacent to an activating group) is 1. The van der Waals surface area contributed by atoms with Gasteiger partial charge in [0.15, 0.2) is 0 Å². The Morgan fingerprint density at radius 1 is 1.00 bits per heavy atom. The molecule has 1 amide bonds. The van der Waals surface area contributed by atoms with Crippen LogP contribution in [0.2, 0.25) is 0 Å². The van der Waals surface area contributed by atoms with Crippen molar-refractivity contribution in [3.05, 3.63) is 70.8 Å². The van der Waals surface area contributed by atoms with Crippen molar-refractivity contribution in [2.24, 2.45) is 0 Å². The number of aryl methyl sites for hydroxylation is 1. The molecule has 0 N–H and O–H groups in total. The number of carbonyl (C=O) groups is 1. The van der Waals surface area contributed by atoms with Gasteiger partial charge in [-0.25, -0.2) is 8.78 Å². The van der Waals surface area contributed by atoms with Gasteiger partial charge in [0.05, 0.1) is 5.56 Å². The Balaban J connectivity index is 2.12. The van der Waals surface area contributed by atoms with E-state index in [1.54, 1.807) is 0 Å². The Kier molecular flexibility index (Phi) is 7.73. The van der Waals surface area contributed by atoms with E-state index in [2.05, 4.69) is 0 Å². The van der Waals surface area contributed by atoms with Crippen molar-refractivity contribution < 1.29 is 26.7 Å². The summed E-state index contributed by atoms with van der Waals surface area (Å²) >= 11 is 0. The second-order valence-electron chi connectivity index (χ2n) is 7.05. The van der Waals surface area contributed by atoms with Crippen LogP contribution in [-0.2, 0) is 23.9 Å². The fourth-order valence-electron chi connectivity index (χ4n) is 2.81. The fraction of sp³-hybridized carbons (Fsp3) is 0.381. The van der Waals surface area contributed by atoms with E-state index in [9.17, 15) is 26.7 Å². The lowest BCUT2D eigenvalue weighted by molar-refractivity contribution is -0.137. The lowest BCUT2D eigenvalue weighted by Gasteiger charge is -2.25. The van der Waals surface area contributed by atoms with Crippen LogP contribution in [0.3, 0.4) is 0 Å². The molecule has 0 saturated carbocycles. The van der Waals surface area contributed by atoms with E-state index in [4.69, 9.17) is 0 Å². The lowest BCUT2D eigenvalue weighted by atomic mass is 10.1. The first-order valence-electron chi connectivity index (χ1n) is 9.09. The van der Waals surface area contributed by atoms with Gasteiger partial charge in [0, 0.05) is 26.1 Å². The minimum atomic E-state index is -4.47. The van der Waals surface area contributed by atoms with Gasteiger partial charge in [0.25, 0.3) is 0 Å². The molecule has 0 aromatic heterocycles. The molecule has 0 unspecified atom stereocenters. The van der Waals surface area contributed by atoms with Gasteiger partial charge in [0.2, 0.25) is 5.91 Å². The topological polar surface area (TPSA) is 23.6 Å². The molecule has 2 aromatic rings. The van der Waals surface area contributed by atoms with Crippen molar-refractivity contribution >= 4 is 5.91 Å². The number of benzene rings is 2. The molecular formula is C21H23F5N2O. The molecule has 2 rings (SSSR count). The number of nitrogens with zero attached hydrogens (tertiary/aromatic N) is 2. The molecule has 0 spiro atoms. The maximum absolute atomic E-state index is 13.8. The third kappa shape index (κ3) is 7.12. The summed E-state index contributed by atoms with van der Waals surface area (Å²) in [6.45, 7) is 0.814. The Morgan fingerprint density at radius 3 is 2.38 bits per heavy atom. The molecular weight excluding hydrogens is 391 g/mol. The maximum atomic E-state index is 13.8. The molecule has 8 heteroatoms. The zero-order valence-electron chi connectivity index (χ0n) is 16.3. The van der Waals surface area contributed by atoms with Gasteiger partial charge in [0.1, 0.15) is 11.6 Å². The SMILES string of the molecule is CN(C)CCN(Cc1cccc(C(F)(F)F)c1)C(=O)CCc1cc(F)ccc1F. The molecule has 0 aliphatic heterocycles. The molecule has 0 atom stereocenters. The zero-order valence-corrected chi connectivity index (χ0v) is 16.3. The molecule has 0 bridgehead atoms. The molecule has 0 radical (unpaired) electrons. The summed E-state index contributed by atoms with van der Waals surface area (Å²) < 4.78 is 65.9. The van der Waals surface area contributed by atoms with Crippen LogP contribution >= 0.6 is 0 Å². The highest BCUT2D eigenvalue weighted by atomic mass is 19.4. The highest BCUT2D eigenvalue weighted by Gasteiger charge is 2.30. The maximum Gasteiger partial charge on any atom is 0.416 e. The van der Waals surface area contributed by atoms with E-state index < -0.39 is 23.4 Å². The van der Waals surface area contributed by atoms with E-state index in [0.717, 1.165) is 30.3 Å². The smallest absolute Gasteiger partial charge is 0.337 e. The number of amides is 1.